The van der Waals surface area contributed by atoms with Gasteiger partial charge in [-0.3, -0.25) is 19.7 Å². The summed E-state index contributed by atoms with van der Waals surface area (Å²) in [7, 11) is 0. The number of piperidine rings is 1. The molecular weight excluding hydrogens is 386 g/mol. The average Bonchev–Trinajstić information content (AvgIpc) is 2.94. The topological polar surface area (TPSA) is 96.0 Å². The van der Waals surface area contributed by atoms with E-state index in [4.69, 9.17) is 4.74 Å². The minimum Gasteiger partial charge on any atom is -0.444 e. The van der Waals surface area contributed by atoms with Gasteiger partial charge in [-0.25, -0.2) is 4.79 Å². The molecule has 0 saturated carbocycles. The van der Waals surface area contributed by atoms with E-state index in [1.165, 1.54) is 0 Å². The Morgan fingerprint density at radius 3 is 2.60 bits per heavy atom. The van der Waals surface area contributed by atoms with Gasteiger partial charge < -0.3 is 14.5 Å². The van der Waals surface area contributed by atoms with E-state index in [1.54, 1.807) is 15.9 Å². The van der Waals surface area contributed by atoms with E-state index in [0.717, 1.165) is 17.5 Å². The maximum absolute atomic E-state index is 12.9. The van der Waals surface area contributed by atoms with Gasteiger partial charge in [0.2, 0.25) is 11.8 Å². The molecule has 160 valence electrons. The number of hydrogen-bond donors (Lipinski definition) is 1. The molecule has 0 radical (unpaired) electrons. The molecule has 1 unspecified atom stereocenters. The summed E-state index contributed by atoms with van der Waals surface area (Å²) < 4.78 is 5.40. The van der Waals surface area contributed by atoms with Gasteiger partial charge >= 0.3 is 6.09 Å². The number of hydrogen-bond acceptors (Lipinski definition) is 5. The van der Waals surface area contributed by atoms with E-state index >= 15 is 0 Å². The fraction of sp³-hybridized carbons (Fsp3) is 0.545. The van der Waals surface area contributed by atoms with Gasteiger partial charge in [-0.2, -0.15) is 0 Å². The molecule has 30 heavy (non-hydrogen) atoms. The van der Waals surface area contributed by atoms with Crippen molar-refractivity contribution in [3.05, 3.63) is 34.9 Å². The number of likely N-dealkylation sites (tertiary alicyclic amines) is 1. The van der Waals surface area contributed by atoms with E-state index in [2.05, 4.69) is 5.32 Å². The number of rotatable bonds is 3. The molecule has 8 heteroatoms. The van der Waals surface area contributed by atoms with E-state index < -0.39 is 17.6 Å². The summed E-state index contributed by atoms with van der Waals surface area (Å²) in [5, 5.41) is 2.33. The van der Waals surface area contributed by atoms with Crippen molar-refractivity contribution in [2.45, 2.75) is 58.2 Å². The number of nitrogens with zero attached hydrogens (tertiary/aromatic N) is 2. The first kappa shape index (κ1) is 20.4. The number of carbonyl (C=O) groups excluding carboxylic acids is 4. The van der Waals surface area contributed by atoms with Crippen LogP contribution in [0.1, 0.15) is 55.1 Å². The number of benzene rings is 1. The van der Waals surface area contributed by atoms with Crippen LogP contribution in [0.5, 0.6) is 0 Å². The first-order chi connectivity index (χ1) is 14.1. The van der Waals surface area contributed by atoms with Gasteiger partial charge in [0.05, 0.1) is 0 Å². The second-order valence-electron chi connectivity index (χ2n) is 9.30. The number of carbonyl (C=O) groups is 4. The van der Waals surface area contributed by atoms with Gasteiger partial charge in [0.25, 0.3) is 5.91 Å². The molecule has 0 bridgehead atoms. The van der Waals surface area contributed by atoms with Crippen molar-refractivity contribution in [2.75, 3.05) is 13.1 Å². The lowest BCUT2D eigenvalue weighted by molar-refractivity contribution is -0.136. The highest BCUT2D eigenvalue weighted by molar-refractivity contribution is 6.05. The van der Waals surface area contributed by atoms with Crippen LogP contribution in [-0.4, -0.2) is 58.3 Å². The molecule has 3 aliphatic rings. The molecule has 8 nitrogen and oxygen atoms in total. The third kappa shape index (κ3) is 3.91. The largest absolute Gasteiger partial charge is 0.444 e. The Morgan fingerprint density at radius 1 is 1.20 bits per heavy atom. The molecule has 1 atom stereocenters. The summed E-state index contributed by atoms with van der Waals surface area (Å²) in [6, 6.07) is 5.06. The van der Waals surface area contributed by atoms with E-state index in [1.807, 2.05) is 32.9 Å². The van der Waals surface area contributed by atoms with Gasteiger partial charge in [-0.05, 0) is 56.7 Å². The van der Waals surface area contributed by atoms with Crippen LogP contribution in [-0.2, 0) is 27.3 Å². The number of fused-ring (bicyclic) bond motifs is 1. The van der Waals surface area contributed by atoms with Gasteiger partial charge in [0.1, 0.15) is 11.6 Å². The lowest BCUT2D eigenvalue weighted by atomic mass is 9.89. The van der Waals surface area contributed by atoms with Crippen molar-refractivity contribution in [3.63, 3.8) is 0 Å². The van der Waals surface area contributed by atoms with Crippen LogP contribution < -0.4 is 5.32 Å². The van der Waals surface area contributed by atoms with Crippen molar-refractivity contribution >= 4 is 23.8 Å². The molecule has 4 rings (SSSR count). The molecule has 3 aliphatic heterocycles. The smallest absolute Gasteiger partial charge is 0.410 e. The molecule has 3 heterocycles. The second kappa shape index (κ2) is 7.41. The maximum Gasteiger partial charge on any atom is 0.410 e. The number of nitrogens with one attached hydrogen (secondary N) is 1. The van der Waals surface area contributed by atoms with Crippen molar-refractivity contribution in [1.82, 2.24) is 15.1 Å². The van der Waals surface area contributed by atoms with Gasteiger partial charge in [0, 0.05) is 31.6 Å². The lowest BCUT2D eigenvalue weighted by Crippen LogP contribution is -2.52. The molecule has 0 aromatic heterocycles. The molecule has 2 fully saturated rings. The molecule has 0 aliphatic carbocycles. The van der Waals surface area contributed by atoms with E-state index in [0.29, 0.717) is 37.5 Å². The zero-order valence-electron chi connectivity index (χ0n) is 17.6. The quantitative estimate of drug-likeness (QED) is 0.763. The fourth-order valence-electron chi connectivity index (χ4n) is 4.33. The summed E-state index contributed by atoms with van der Waals surface area (Å²) in [6.07, 6.45) is 1.06. The summed E-state index contributed by atoms with van der Waals surface area (Å²) in [5.74, 6) is -0.546. The van der Waals surface area contributed by atoms with Crippen molar-refractivity contribution < 1.29 is 23.9 Å². The van der Waals surface area contributed by atoms with Gasteiger partial charge in [0.15, 0.2) is 0 Å². The Labute approximate surface area is 175 Å². The monoisotopic (exact) mass is 413 g/mol. The van der Waals surface area contributed by atoms with Crippen molar-refractivity contribution in [3.8, 4) is 0 Å². The van der Waals surface area contributed by atoms with Crippen LogP contribution >= 0.6 is 0 Å². The molecule has 4 amide bonds. The number of ether oxygens (including phenoxy) is 1. The summed E-state index contributed by atoms with van der Waals surface area (Å²) in [6.45, 7) is 7.17. The molecule has 1 aromatic carbocycles. The highest BCUT2D eigenvalue weighted by Gasteiger charge is 2.40. The Kier molecular flexibility index (Phi) is 5.03. The highest BCUT2D eigenvalue weighted by atomic mass is 16.6. The molecule has 0 spiro atoms. The third-order valence-corrected chi connectivity index (χ3v) is 5.80. The molecule has 1 N–H and O–H groups in total. The summed E-state index contributed by atoms with van der Waals surface area (Å²) >= 11 is 0. The fourth-order valence-corrected chi connectivity index (χ4v) is 4.33. The maximum atomic E-state index is 12.9. The first-order valence-electron chi connectivity index (χ1n) is 10.4. The molecular formula is C22H27N3O5. The van der Waals surface area contributed by atoms with Crippen LogP contribution in [0.15, 0.2) is 18.2 Å². The van der Waals surface area contributed by atoms with Crippen LogP contribution in [0.3, 0.4) is 0 Å². The first-order valence-corrected chi connectivity index (χ1v) is 10.4. The SMILES string of the molecule is CC(C)(C)OC(=O)N1CC(Cc2cccc3c2CN(C2CCC(=O)NC2=O)C3=O)C1. The highest BCUT2D eigenvalue weighted by Crippen LogP contribution is 2.32. The Balaban J connectivity index is 1.41. The Bertz CT molecular complexity index is 914. The van der Waals surface area contributed by atoms with Crippen molar-refractivity contribution in [1.29, 1.82) is 0 Å². The lowest BCUT2D eigenvalue weighted by Gasteiger charge is -2.40. The van der Waals surface area contributed by atoms with Crippen LogP contribution in [0.4, 0.5) is 4.79 Å². The second-order valence-corrected chi connectivity index (χ2v) is 9.30. The minimum absolute atomic E-state index is 0.162. The predicted octanol–water partition coefficient (Wildman–Crippen LogP) is 1.86. The molecule has 2 saturated heterocycles. The van der Waals surface area contributed by atoms with E-state index in [-0.39, 0.29) is 24.3 Å². The summed E-state index contributed by atoms with van der Waals surface area (Å²) in [5.41, 5.74) is 2.13. The van der Waals surface area contributed by atoms with Crippen LogP contribution in [0, 0.1) is 5.92 Å². The van der Waals surface area contributed by atoms with Crippen molar-refractivity contribution in [2.24, 2.45) is 5.92 Å². The predicted molar refractivity (Wildman–Crippen MR) is 107 cm³/mol. The third-order valence-electron chi connectivity index (χ3n) is 5.80. The van der Waals surface area contributed by atoms with Gasteiger partial charge in [-0.1, -0.05) is 12.1 Å². The standard InChI is InChI=1S/C22H27N3O5/c1-22(2,3)30-21(29)24-10-13(11-24)9-14-5-4-6-15-16(14)12-25(20(15)28)17-7-8-18(26)23-19(17)27/h4-6,13,17H,7-12H2,1-3H3,(H,23,26,27). The minimum atomic E-state index is -0.609. The summed E-state index contributed by atoms with van der Waals surface area (Å²) in [4.78, 5) is 52.0. The number of imide groups is 1. The number of amides is 4. The van der Waals surface area contributed by atoms with Crippen LogP contribution in [0.25, 0.3) is 0 Å². The van der Waals surface area contributed by atoms with E-state index in [9.17, 15) is 19.2 Å². The normalized spacial score (nSPS) is 22.0. The van der Waals surface area contributed by atoms with Gasteiger partial charge in [-0.15, -0.1) is 0 Å². The Morgan fingerprint density at radius 2 is 1.93 bits per heavy atom. The van der Waals surface area contributed by atoms with Crippen LogP contribution in [0.2, 0.25) is 0 Å². The molecule has 1 aromatic rings. The zero-order chi connectivity index (χ0) is 21.6. The average molecular weight is 413 g/mol. The zero-order valence-corrected chi connectivity index (χ0v) is 17.6. The Hall–Kier alpha value is -2.90.